The van der Waals surface area contributed by atoms with E-state index in [2.05, 4.69) is 22.2 Å². The smallest absolute Gasteiger partial charge is 0.223 e. The molecule has 1 aliphatic rings. The fraction of sp³-hybridized carbons (Fsp3) is 0.667. The molecule has 0 saturated heterocycles. The van der Waals surface area contributed by atoms with Gasteiger partial charge in [-0.1, -0.05) is 19.8 Å². The van der Waals surface area contributed by atoms with Crippen LogP contribution in [0, 0.1) is 5.92 Å². The molecule has 1 aliphatic carbocycles. The summed E-state index contributed by atoms with van der Waals surface area (Å²) in [7, 11) is 0. The molecule has 0 aromatic carbocycles. The average molecular weight is 221 g/mol. The normalized spacial score (nSPS) is 18.6. The minimum absolute atomic E-state index is 0.0306. The highest BCUT2D eigenvalue weighted by molar-refractivity contribution is 5.79. The third-order valence-electron chi connectivity index (χ3n) is 3.30. The summed E-state index contributed by atoms with van der Waals surface area (Å²) in [6.07, 6.45) is 8.84. The van der Waals surface area contributed by atoms with E-state index in [1.165, 1.54) is 12.8 Å². The highest BCUT2D eigenvalue weighted by atomic mass is 16.1. The van der Waals surface area contributed by atoms with Gasteiger partial charge in [0.2, 0.25) is 5.91 Å². The number of imidazole rings is 1. The molecule has 1 aromatic rings. The summed E-state index contributed by atoms with van der Waals surface area (Å²) >= 11 is 0. The summed E-state index contributed by atoms with van der Waals surface area (Å²) in [5, 5.41) is 3.08. The minimum Gasteiger partial charge on any atom is -0.347 e. The molecule has 16 heavy (non-hydrogen) atoms. The first kappa shape index (κ1) is 11.2. The van der Waals surface area contributed by atoms with Crippen LogP contribution in [0.2, 0.25) is 0 Å². The third kappa shape index (κ3) is 2.43. The topological polar surface area (TPSA) is 57.8 Å². The second-order valence-corrected chi connectivity index (χ2v) is 4.43. The predicted molar refractivity (Wildman–Crippen MR) is 61.7 cm³/mol. The zero-order chi connectivity index (χ0) is 11.4. The van der Waals surface area contributed by atoms with Crippen molar-refractivity contribution in [2.75, 3.05) is 0 Å². The van der Waals surface area contributed by atoms with Crippen LogP contribution in [0.1, 0.15) is 50.9 Å². The molecular weight excluding hydrogens is 202 g/mol. The molecule has 4 nitrogen and oxygen atoms in total. The van der Waals surface area contributed by atoms with Crippen LogP contribution in [0.3, 0.4) is 0 Å². The molecule has 1 aromatic heterocycles. The number of H-pyrrole nitrogens is 1. The van der Waals surface area contributed by atoms with E-state index < -0.39 is 0 Å². The van der Waals surface area contributed by atoms with E-state index in [1.54, 1.807) is 12.4 Å². The molecule has 1 heterocycles. The van der Waals surface area contributed by atoms with Gasteiger partial charge in [-0.3, -0.25) is 4.79 Å². The zero-order valence-corrected chi connectivity index (χ0v) is 9.70. The average Bonchev–Trinajstić information content (AvgIpc) is 2.96. The maximum Gasteiger partial charge on any atom is 0.223 e. The standard InChI is InChI=1S/C12H19N3O/c1-2-10(11-13-7-8-14-11)15-12(16)9-5-3-4-6-9/h7-10H,2-6H2,1H3,(H,13,14)(H,15,16). The molecule has 1 amide bonds. The van der Waals surface area contributed by atoms with Crippen molar-refractivity contribution in [3.8, 4) is 0 Å². The molecule has 0 spiro atoms. The monoisotopic (exact) mass is 221 g/mol. The van der Waals surface area contributed by atoms with Gasteiger partial charge in [0.1, 0.15) is 5.82 Å². The summed E-state index contributed by atoms with van der Waals surface area (Å²) in [5.74, 6) is 1.28. The first-order valence-corrected chi connectivity index (χ1v) is 6.11. The van der Waals surface area contributed by atoms with Crippen molar-refractivity contribution in [1.29, 1.82) is 0 Å². The molecule has 2 rings (SSSR count). The van der Waals surface area contributed by atoms with Crippen molar-refractivity contribution in [3.05, 3.63) is 18.2 Å². The van der Waals surface area contributed by atoms with E-state index in [0.29, 0.717) is 0 Å². The van der Waals surface area contributed by atoms with Crippen molar-refractivity contribution >= 4 is 5.91 Å². The van der Waals surface area contributed by atoms with Crippen LogP contribution in [0.15, 0.2) is 12.4 Å². The first-order valence-electron chi connectivity index (χ1n) is 6.11. The van der Waals surface area contributed by atoms with E-state index in [1.807, 2.05) is 0 Å². The Morgan fingerprint density at radius 3 is 2.94 bits per heavy atom. The second-order valence-electron chi connectivity index (χ2n) is 4.43. The third-order valence-corrected chi connectivity index (χ3v) is 3.30. The number of nitrogens with zero attached hydrogens (tertiary/aromatic N) is 1. The van der Waals surface area contributed by atoms with E-state index >= 15 is 0 Å². The van der Waals surface area contributed by atoms with Crippen molar-refractivity contribution in [3.63, 3.8) is 0 Å². The Hall–Kier alpha value is -1.32. The Morgan fingerprint density at radius 2 is 2.38 bits per heavy atom. The summed E-state index contributed by atoms with van der Waals surface area (Å²) in [5.41, 5.74) is 0. The number of hydrogen-bond acceptors (Lipinski definition) is 2. The van der Waals surface area contributed by atoms with E-state index in [0.717, 1.165) is 25.1 Å². The summed E-state index contributed by atoms with van der Waals surface area (Å²) < 4.78 is 0. The summed E-state index contributed by atoms with van der Waals surface area (Å²) in [4.78, 5) is 19.2. The Balaban J connectivity index is 1.93. The first-order chi connectivity index (χ1) is 7.81. The Labute approximate surface area is 95.9 Å². The van der Waals surface area contributed by atoms with Gasteiger partial charge in [-0.25, -0.2) is 4.98 Å². The number of nitrogens with one attached hydrogen (secondary N) is 2. The molecule has 0 radical (unpaired) electrons. The van der Waals surface area contributed by atoms with Crippen LogP contribution >= 0.6 is 0 Å². The van der Waals surface area contributed by atoms with Crippen LogP contribution in [0.4, 0.5) is 0 Å². The molecule has 1 fully saturated rings. The fourth-order valence-corrected chi connectivity index (χ4v) is 2.31. The Kier molecular flexibility index (Phi) is 3.59. The lowest BCUT2D eigenvalue weighted by atomic mass is 10.1. The maximum atomic E-state index is 12.0. The molecular formula is C12H19N3O. The second kappa shape index (κ2) is 5.14. The molecule has 2 N–H and O–H groups in total. The van der Waals surface area contributed by atoms with Gasteiger partial charge in [-0.2, -0.15) is 0 Å². The molecule has 88 valence electrons. The van der Waals surface area contributed by atoms with Gasteiger partial charge in [-0.05, 0) is 19.3 Å². The van der Waals surface area contributed by atoms with Crippen molar-refractivity contribution in [2.45, 2.75) is 45.1 Å². The largest absolute Gasteiger partial charge is 0.347 e. The van der Waals surface area contributed by atoms with Crippen molar-refractivity contribution in [1.82, 2.24) is 15.3 Å². The number of aromatic amines is 1. The zero-order valence-electron chi connectivity index (χ0n) is 9.70. The van der Waals surface area contributed by atoms with Crippen molar-refractivity contribution < 1.29 is 4.79 Å². The quantitative estimate of drug-likeness (QED) is 0.818. The summed E-state index contributed by atoms with van der Waals surface area (Å²) in [6.45, 7) is 2.06. The number of rotatable bonds is 4. The van der Waals surface area contributed by atoms with Gasteiger partial charge in [0, 0.05) is 18.3 Å². The number of amides is 1. The SMILES string of the molecule is CCC(NC(=O)C1CCCC1)c1ncc[nH]1. The molecule has 0 aliphatic heterocycles. The lowest BCUT2D eigenvalue weighted by molar-refractivity contribution is -0.125. The van der Waals surface area contributed by atoms with Gasteiger partial charge >= 0.3 is 0 Å². The minimum atomic E-state index is 0.0306. The highest BCUT2D eigenvalue weighted by Gasteiger charge is 2.25. The lowest BCUT2D eigenvalue weighted by Crippen LogP contribution is -2.33. The molecule has 0 bridgehead atoms. The van der Waals surface area contributed by atoms with Crippen LogP contribution in [0.25, 0.3) is 0 Å². The van der Waals surface area contributed by atoms with Crippen molar-refractivity contribution in [2.24, 2.45) is 5.92 Å². The maximum absolute atomic E-state index is 12.0. The number of carbonyl (C=O) groups is 1. The van der Waals surface area contributed by atoms with Gasteiger partial charge in [0.25, 0.3) is 0 Å². The van der Waals surface area contributed by atoms with Gasteiger partial charge in [0.05, 0.1) is 6.04 Å². The van der Waals surface area contributed by atoms with Crippen LogP contribution in [-0.4, -0.2) is 15.9 Å². The summed E-state index contributed by atoms with van der Waals surface area (Å²) in [6, 6.07) is 0.0306. The molecule has 1 saturated carbocycles. The van der Waals surface area contributed by atoms with Crippen LogP contribution in [-0.2, 0) is 4.79 Å². The molecule has 4 heteroatoms. The Bertz CT molecular complexity index is 328. The Morgan fingerprint density at radius 1 is 1.62 bits per heavy atom. The number of carbonyl (C=O) groups excluding carboxylic acids is 1. The molecule has 1 unspecified atom stereocenters. The highest BCUT2D eigenvalue weighted by Crippen LogP contribution is 2.25. The van der Waals surface area contributed by atoms with E-state index in [9.17, 15) is 4.79 Å². The fourth-order valence-electron chi connectivity index (χ4n) is 2.31. The van der Waals surface area contributed by atoms with Crippen LogP contribution in [0.5, 0.6) is 0 Å². The van der Waals surface area contributed by atoms with E-state index in [-0.39, 0.29) is 17.9 Å². The lowest BCUT2D eigenvalue weighted by Gasteiger charge is -2.17. The number of hydrogen-bond donors (Lipinski definition) is 2. The molecule has 1 atom stereocenters. The predicted octanol–water partition coefficient (Wildman–Crippen LogP) is 2.17. The number of aromatic nitrogens is 2. The van der Waals surface area contributed by atoms with E-state index in [4.69, 9.17) is 0 Å². The van der Waals surface area contributed by atoms with Gasteiger partial charge in [-0.15, -0.1) is 0 Å². The van der Waals surface area contributed by atoms with Gasteiger partial charge < -0.3 is 10.3 Å². The van der Waals surface area contributed by atoms with Crippen LogP contribution < -0.4 is 5.32 Å². The van der Waals surface area contributed by atoms with Gasteiger partial charge in [0.15, 0.2) is 0 Å².